The van der Waals surface area contributed by atoms with E-state index in [4.69, 9.17) is 22.6 Å². The third-order valence-corrected chi connectivity index (χ3v) is 4.43. The molecule has 0 unspecified atom stereocenters. The van der Waals surface area contributed by atoms with Crippen LogP contribution in [0.5, 0.6) is 0 Å². The first-order valence-corrected chi connectivity index (χ1v) is 7.76. The summed E-state index contributed by atoms with van der Waals surface area (Å²) in [5.41, 5.74) is 6.24. The van der Waals surface area contributed by atoms with Crippen molar-refractivity contribution in [3.63, 3.8) is 0 Å². The Kier molecular flexibility index (Phi) is 4.47. The molecular formula is C12H12ClN5O2S. The van der Waals surface area contributed by atoms with Crippen molar-refractivity contribution in [2.75, 3.05) is 12.3 Å². The lowest BCUT2D eigenvalue weighted by molar-refractivity contribution is 0.561. The van der Waals surface area contributed by atoms with Crippen LogP contribution in [0.25, 0.3) is 0 Å². The van der Waals surface area contributed by atoms with E-state index in [1.165, 1.54) is 29.1 Å². The number of aromatic nitrogens is 2. The number of halogens is 1. The number of nitrogens with zero attached hydrogens (tertiary/aromatic N) is 3. The Balaban J connectivity index is 2.05. The van der Waals surface area contributed by atoms with Gasteiger partial charge in [0.2, 0.25) is 10.0 Å². The van der Waals surface area contributed by atoms with Crippen LogP contribution in [0.4, 0.5) is 5.69 Å². The molecule has 0 fully saturated rings. The second kappa shape index (κ2) is 6.13. The van der Waals surface area contributed by atoms with Crippen LogP contribution in [0.1, 0.15) is 5.56 Å². The molecule has 1 aromatic carbocycles. The molecule has 7 nitrogen and oxygen atoms in total. The molecular weight excluding hydrogens is 314 g/mol. The van der Waals surface area contributed by atoms with Crippen molar-refractivity contribution in [3.05, 3.63) is 41.2 Å². The van der Waals surface area contributed by atoms with Crippen LogP contribution in [0.2, 0.25) is 5.02 Å². The molecule has 0 spiro atoms. The van der Waals surface area contributed by atoms with Crippen LogP contribution >= 0.6 is 11.6 Å². The average Bonchev–Trinajstić information content (AvgIpc) is 2.84. The van der Waals surface area contributed by atoms with Crippen molar-refractivity contribution in [3.8, 4) is 6.07 Å². The normalized spacial score (nSPS) is 11.2. The zero-order chi connectivity index (χ0) is 15.5. The average molecular weight is 326 g/mol. The molecule has 2 aromatic rings. The smallest absolute Gasteiger partial charge is 0.240 e. The summed E-state index contributed by atoms with van der Waals surface area (Å²) in [6, 6.07) is 5.81. The third-order valence-electron chi connectivity index (χ3n) is 2.66. The van der Waals surface area contributed by atoms with Crippen molar-refractivity contribution in [2.24, 2.45) is 0 Å². The summed E-state index contributed by atoms with van der Waals surface area (Å²) >= 11 is 5.83. The summed E-state index contributed by atoms with van der Waals surface area (Å²) in [5, 5.41) is 12.8. The number of hydrogen-bond donors (Lipinski definition) is 2. The van der Waals surface area contributed by atoms with Crippen LogP contribution < -0.4 is 10.5 Å². The summed E-state index contributed by atoms with van der Waals surface area (Å²) < 4.78 is 28.1. The lowest BCUT2D eigenvalue weighted by atomic mass is 10.2. The highest BCUT2D eigenvalue weighted by atomic mass is 35.5. The SMILES string of the molecule is N#Cc1ccc(S(=O)(=O)NCCn2cc(N)cn2)cc1Cl. The Morgan fingerprint density at radius 1 is 1.48 bits per heavy atom. The minimum atomic E-state index is -3.69. The number of benzene rings is 1. The van der Waals surface area contributed by atoms with Gasteiger partial charge >= 0.3 is 0 Å². The van der Waals surface area contributed by atoms with Gasteiger partial charge in [0.05, 0.1) is 33.9 Å². The van der Waals surface area contributed by atoms with Gasteiger partial charge in [0.25, 0.3) is 0 Å². The zero-order valence-corrected chi connectivity index (χ0v) is 12.4. The monoisotopic (exact) mass is 325 g/mol. The summed E-state index contributed by atoms with van der Waals surface area (Å²) in [5.74, 6) is 0. The van der Waals surface area contributed by atoms with Gasteiger partial charge in [-0.2, -0.15) is 10.4 Å². The molecule has 21 heavy (non-hydrogen) atoms. The highest BCUT2D eigenvalue weighted by Gasteiger charge is 2.15. The van der Waals surface area contributed by atoms with Gasteiger partial charge in [-0.25, -0.2) is 13.1 Å². The fourth-order valence-corrected chi connectivity index (χ4v) is 2.97. The molecule has 9 heteroatoms. The molecule has 0 atom stereocenters. The number of sulfonamides is 1. The van der Waals surface area contributed by atoms with Crippen LogP contribution in [-0.2, 0) is 16.6 Å². The van der Waals surface area contributed by atoms with Gasteiger partial charge in [0.15, 0.2) is 0 Å². The van der Waals surface area contributed by atoms with Crippen molar-refractivity contribution in [1.29, 1.82) is 5.26 Å². The maximum Gasteiger partial charge on any atom is 0.240 e. The predicted molar refractivity (Wildman–Crippen MR) is 78.0 cm³/mol. The van der Waals surface area contributed by atoms with Gasteiger partial charge in [-0.05, 0) is 18.2 Å². The molecule has 0 saturated heterocycles. The van der Waals surface area contributed by atoms with E-state index in [1.807, 2.05) is 6.07 Å². The van der Waals surface area contributed by atoms with Gasteiger partial charge in [0.1, 0.15) is 6.07 Å². The quantitative estimate of drug-likeness (QED) is 0.850. The summed E-state index contributed by atoms with van der Waals surface area (Å²) in [4.78, 5) is 0.00600. The zero-order valence-electron chi connectivity index (χ0n) is 10.8. The van der Waals surface area contributed by atoms with Crippen molar-refractivity contribution in [1.82, 2.24) is 14.5 Å². The number of hydrogen-bond acceptors (Lipinski definition) is 5. The van der Waals surface area contributed by atoms with Crippen LogP contribution in [0.15, 0.2) is 35.5 Å². The van der Waals surface area contributed by atoms with E-state index in [0.29, 0.717) is 12.2 Å². The Morgan fingerprint density at radius 2 is 2.24 bits per heavy atom. The van der Waals surface area contributed by atoms with E-state index < -0.39 is 10.0 Å². The molecule has 0 aliphatic rings. The molecule has 110 valence electrons. The largest absolute Gasteiger partial charge is 0.396 e. The van der Waals surface area contributed by atoms with Crippen molar-refractivity contribution < 1.29 is 8.42 Å². The Hall–Kier alpha value is -2.08. The fourth-order valence-electron chi connectivity index (χ4n) is 1.63. The summed E-state index contributed by atoms with van der Waals surface area (Å²) in [6.45, 7) is 0.502. The molecule has 0 saturated carbocycles. The third kappa shape index (κ3) is 3.72. The van der Waals surface area contributed by atoms with Crippen LogP contribution in [-0.4, -0.2) is 24.7 Å². The van der Waals surface area contributed by atoms with Gasteiger partial charge in [0, 0.05) is 12.7 Å². The Morgan fingerprint density at radius 3 is 2.81 bits per heavy atom. The molecule has 0 radical (unpaired) electrons. The maximum absolute atomic E-state index is 12.1. The number of nitrogen functional groups attached to an aromatic ring is 1. The first kappa shape index (κ1) is 15.3. The second-order valence-electron chi connectivity index (χ2n) is 4.19. The number of nitrogens with one attached hydrogen (secondary N) is 1. The maximum atomic E-state index is 12.1. The van der Waals surface area contributed by atoms with E-state index in [-0.39, 0.29) is 22.0 Å². The molecule has 0 amide bonds. The van der Waals surface area contributed by atoms with E-state index in [9.17, 15) is 8.42 Å². The highest BCUT2D eigenvalue weighted by Crippen LogP contribution is 2.19. The molecule has 0 aliphatic carbocycles. The van der Waals surface area contributed by atoms with E-state index in [0.717, 1.165) is 0 Å². The Bertz CT molecular complexity index is 794. The molecule has 1 heterocycles. The molecule has 0 aliphatic heterocycles. The molecule has 1 aromatic heterocycles. The molecule has 0 bridgehead atoms. The van der Waals surface area contributed by atoms with E-state index >= 15 is 0 Å². The first-order chi connectivity index (χ1) is 9.92. The van der Waals surface area contributed by atoms with E-state index in [2.05, 4.69) is 9.82 Å². The standard InChI is InChI=1S/C12H12ClN5O2S/c13-12-5-11(2-1-9(12)6-14)21(19,20)17-3-4-18-8-10(15)7-16-18/h1-2,5,7-8,17H,3-4,15H2. The number of nitrogens with two attached hydrogens (primary N) is 1. The molecule has 3 N–H and O–H groups in total. The lowest BCUT2D eigenvalue weighted by Gasteiger charge is -2.07. The minimum Gasteiger partial charge on any atom is -0.396 e. The van der Waals surface area contributed by atoms with Crippen molar-refractivity contribution >= 4 is 27.3 Å². The lowest BCUT2D eigenvalue weighted by Crippen LogP contribution is -2.27. The van der Waals surface area contributed by atoms with E-state index in [1.54, 1.807) is 6.20 Å². The first-order valence-electron chi connectivity index (χ1n) is 5.89. The van der Waals surface area contributed by atoms with Crippen LogP contribution in [0.3, 0.4) is 0 Å². The van der Waals surface area contributed by atoms with Gasteiger partial charge < -0.3 is 5.73 Å². The Labute approximate surface area is 127 Å². The van der Waals surface area contributed by atoms with Gasteiger partial charge in [-0.15, -0.1) is 0 Å². The van der Waals surface area contributed by atoms with Gasteiger partial charge in [-0.3, -0.25) is 4.68 Å². The number of rotatable bonds is 5. The van der Waals surface area contributed by atoms with Crippen molar-refractivity contribution in [2.45, 2.75) is 11.4 Å². The minimum absolute atomic E-state index is 0.00600. The van der Waals surface area contributed by atoms with Gasteiger partial charge in [-0.1, -0.05) is 11.6 Å². The topological polar surface area (TPSA) is 114 Å². The van der Waals surface area contributed by atoms with Crippen LogP contribution in [0, 0.1) is 11.3 Å². The summed E-state index contributed by atoms with van der Waals surface area (Å²) in [6.07, 6.45) is 3.09. The highest BCUT2D eigenvalue weighted by molar-refractivity contribution is 7.89. The number of nitriles is 1. The fraction of sp³-hybridized carbons (Fsp3) is 0.167. The summed E-state index contributed by atoms with van der Waals surface area (Å²) in [7, 11) is -3.69. The predicted octanol–water partition coefficient (Wildman–Crippen LogP) is 0.969. The second-order valence-corrected chi connectivity index (χ2v) is 6.36. The molecule has 2 rings (SSSR count). The number of anilines is 1.